The number of azo groups is 2. The highest BCUT2D eigenvalue weighted by atomic mass is 32.2. The predicted molar refractivity (Wildman–Crippen MR) is 235 cm³/mol. The molecular formula is C42H48N8O14S2. The van der Waals surface area contributed by atoms with Crippen LogP contribution in [0.3, 0.4) is 0 Å². The number of non-ortho nitro benzene ring substituents is 2. The van der Waals surface area contributed by atoms with Crippen LogP contribution in [0.2, 0.25) is 0 Å². The molecule has 2 N–H and O–H groups in total. The van der Waals surface area contributed by atoms with E-state index in [0.717, 1.165) is 36.8 Å². The Kier molecular flexibility index (Phi) is 15.7. The number of phenols is 2. The van der Waals surface area contributed by atoms with Gasteiger partial charge in [0.25, 0.3) is 11.4 Å². The fourth-order valence-corrected chi connectivity index (χ4v) is 9.50. The number of aromatic hydroxyl groups is 2. The molecule has 0 spiro atoms. The molecule has 22 nitrogen and oxygen atoms in total. The molecule has 2 fully saturated rings. The number of rotatable bonds is 12. The van der Waals surface area contributed by atoms with Crippen molar-refractivity contribution >= 4 is 53.8 Å². The largest absolute Gasteiger partial charge is 0.508 e. The molecule has 2 aliphatic rings. The van der Waals surface area contributed by atoms with Gasteiger partial charge in [-0.25, -0.2) is 16.8 Å². The lowest BCUT2D eigenvalue weighted by Gasteiger charge is -2.45. The molecular weight excluding hydrogens is 905 g/mol. The van der Waals surface area contributed by atoms with E-state index in [2.05, 4.69) is 20.5 Å². The summed E-state index contributed by atoms with van der Waals surface area (Å²) in [5, 5.41) is 62.2. The van der Waals surface area contributed by atoms with Gasteiger partial charge in [0, 0.05) is 86.4 Å². The van der Waals surface area contributed by atoms with E-state index in [4.69, 9.17) is 18.9 Å². The minimum Gasteiger partial charge on any atom is -0.508 e. The van der Waals surface area contributed by atoms with Gasteiger partial charge in [0.2, 0.25) is 0 Å². The van der Waals surface area contributed by atoms with Crippen molar-refractivity contribution in [1.82, 2.24) is 0 Å². The molecule has 2 heterocycles. The van der Waals surface area contributed by atoms with Gasteiger partial charge in [-0.05, 0) is 48.5 Å². The Morgan fingerprint density at radius 3 is 1.24 bits per heavy atom. The number of fused-ring (bicyclic) bond motifs is 2. The maximum atomic E-state index is 13.1. The Bertz CT molecular complexity index is 2560. The molecule has 0 amide bonds. The highest BCUT2D eigenvalue weighted by Gasteiger charge is 2.50. The Hall–Kier alpha value is -6.18. The molecule has 0 aliphatic carbocycles. The van der Waals surface area contributed by atoms with Gasteiger partial charge in [-0.15, -0.1) is 10.2 Å². The molecule has 0 radical (unpaired) electrons. The Balaban J connectivity index is 1.42. The zero-order chi connectivity index (χ0) is 47.7. The van der Waals surface area contributed by atoms with Crippen molar-refractivity contribution in [3.8, 4) is 11.5 Å². The van der Waals surface area contributed by atoms with Crippen LogP contribution in [0.4, 0.5) is 34.1 Å². The number of ether oxygens (including phenoxy) is 4. The number of nitrogens with zero attached hydrogens (tertiary/aromatic N) is 8. The number of phenolic OH excluding ortho intramolecular Hbond substituents is 2. The van der Waals surface area contributed by atoms with Crippen LogP contribution < -0.4 is 0 Å². The molecule has 24 heteroatoms. The maximum absolute atomic E-state index is 13.1. The third kappa shape index (κ3) is 12.2. The first kappa shape index (κ1) is 49.3. The molecule has 2 aliphatic heterocycles. The van der Waals surface area contributed by atoms with Crippen LogP contribution in [0.1, 0.15) is 36.8 Å². The summed E-state index contributed by atoms with van der Waals surface area (Å²) in [5.74, 6) is -0.316. The Morgan fingerprint density at radius 2 is 0.924 bits per heavy atom. The van der Waals surface area contributed by atoms with Crippen molar-refractivity contribution in [2.45, 2.75) is 59.4 Å². The second-order valence-electron chi connectivity index (χ2n) is 16.0. The summed E-state index contributed by atoms with van der Waals surface area (Å²) in [5.41, 5.74) is 10.3. The fraction of sp³-hybridized carbons (Fsp3) is 0.429. The molecule has 66 heavy (non-hydrogen) atoms. The van der Waals surface area contributed by atoms with Crippen LogP contribution in [-0.4, -0.2) is 118 Å². The second-order valence-corrected chi connectivity index (χ2v) is 19.9. The lowest BCUT2D eigenvalue weighted by Crippen LogP contribution is -2.57. The zero-order valence-corrected chi connectivity index (χ0v) is 37.6. The molecule has 352 valence electrons. The van der Waals surface area contributed by atoms with E-state index in [-0.39, 0.29) is 126 Å². The van der Waals surface area contributed by atoms with Crippen LogP contribution in [-0.2, 0) is 51.5 Å². The van der Waals surface area contributed by atoms with Crippen LogP contribution in [0, 0.1) is 20.2 Å². The fourth-order valence-electron chi connectivity index (χ4n) is 7.85. The summed E-state index contributed by atoms with van der Waals surface area (Å²) in [7, 11) is -7.94. The summed E-state index contributed by atoms with van der Waals surface area (Å²) in [6.07, 6.45) is 2.50. The second kappa shape index (κ2) is 21.0. The van der Waals surface area contributed by atoms with Crippen molar-refractivity contribution in [3.05, 3.63) is 110 Å². The van der Waals surface area contributed by atoms with E-state index in [1.54, 1.807) is 0 Å². The van der Waals surface area contributed by atoms with Gasteiger partial charge < -0.3 is 39.4 Å². The highest BCUT2D eigenvalue weighted by molar-refractivity contribution is 7.91. The van der Waals surface area contributed by atoms with E-state index in [1.165, 1.54) is 53.2 Å². The first-order valence-electron chi connectivity index (χ1n) is 20.5. The molecule has 4 aromatic rings. The Labute approximate surface area is 379 Å². The first-order valence-corrected chi connectivity index (χ1v) is 24.3. The van der Waals surface area contributed by atoms with Gasteiger partial charge in [-0.1, -0.05) is 0 Å². The number of benzene rings is 4. The summed E-state index contributed by atoms with van der Waals surface area (Å²) in [6, 6.07) is 15.0. The molecule has 0 atom stereocenters. The number of hydrogen-bond acceptors (Lipinski definition) is 18. The van der Waals surface area contributed by atoms with Crippen molar-refractivity contribution < 1.29 is 60.5 Å². The minimum atomic E-state index is -3.97. The first-order chi connectivity index (χ1) is 31.3. The van der Waals surface area contributed by atoms with Gasteiger partial charge >= 0.3 is 0 Å². The SMILES string of the molecule is CS(=O)(=O)c1cc([N+](=O)[O-])ccc1/N=N/c1ccc(O)c(CC23CCOCCOCCC(Cc4cc(/N=N/c5ccc([N+](=O)[O-])cc5S(C)(=O)=O)ccc4O)(CCOCCOCC2)[N+]3=[N-])c1. The van der Waals surface area contributed by atoms with Crippen molar-refractivity contribution in [1.29, 1.82) is 0 Å². The summed E-state index contributed by atoms with van der Waals surface area (Å²) >= 11 is 0. The van der Waals surface area contributed by atoms with E-state index in [1.807, 2.05) is 0 Å². The van der Waals surface area contributed by atoms with Crippen molar-refractivity contribution in [3.63, 3.8) is 0 Å². The van der Waals surface area contributed by atoms with Crippen molar-refractivity contribution in [2.75, 3.05) is 65.4 Å². The third-order valence-corrected chi connectivity index (χ3v) is 13.6. The molecule has 2 saturated heterocycles. The standard InChI is InChI=1S/C42H48N8O14S2/c1-65(57,58)39-25-33(48(53)54)5-7-35(39)46-44-31-3-9-37(51)29(23-31)27-41-11-15-61-19-21-63-17-13-42(50(41)43,14-18-64-22-20-62-16-12-41)28-30-24-32(4-10-38(30)52)45-47-36-8-6-34(49(55)56)26-40(36)66(2,59)60/h3-10,23-26,51-52H,11-22,27-28H2,1-2H3/b46-44+,47-45+. The van der Waals surface area contributed by atoms with E-state index >= 15 is 0 Å². The van der Waals surface area contributed by atoms with Gasteiger partial charge in [0.15, 0.2) is 30.8 Å². The molecule has 0 aromatic heterocycles. The predicted octanol–water partition coefficient (Wildman–Crippen LogP) is 7.50. The number of sulfone groups is 2. The summed E-state index contributed by atoms with van der Waals surface area (Å²) in [4.78, 5) is 20.5. The smallest absolute Gasteiger partial charge is 0.270 e. The van der Waals surface area contributed by atoms with Crippen molar-refractivity contribution in [2.24, 2.45) is 20.5 Å². The van der Waals surface area contributed by atoms with Crippen LogP contribution in [0.25, 0.3) is 5.53 Å². The number of hydrogen-bond donors (Lipinski definition) is 2. The van der Waals surface area contributed by atoms with Gasteiger partial charge in [-0.2, -0.15) is 10.2 Å². The lowest BCUT2D eigenvalue weighted by molar-refractivity contribution is -0.699. The Morgan fingerprint density at radius 1 is 0.576 bits per heavy atom. The highest BCUT2D eigenvalue weighted by Crippen LogP contribution is 2.42. The number of nitro groups is 2. The average molecular weight is 953 g/mol. The average Bonchev–Trinajstić information content (AvgIpc) is 3.31. The van der Waals surface area contributed by atoms with E-state index < -0.39 is 61.8 Å². The van der Waals surface area contributed by atoms with E-state index in [9.17, 15) is 52.8 Å². The van der Waals surface area contributed by atoms with Crippen LogP contribution >= 0.6 is 0 Å². The van der Waals surface area contributed by atoms with Crippen LogP contribution in [0.5, 0.6) is 11.5 Å². The lowest BCUT2D eigenvalue weighted by atomic mass is 9.76. The minimum absolute atomic E-state index is 0.0286. The van der Waals surface area contributed by atoms with E-state index in [0.29, 0.717) is 11.1 Å². The van der Waals surface area contributed by atoms with Crippen LogP contribution in [0.15, 0.2) is 103 Å². The summed E-state index contributed by atoms with van der Waals surface area (Å²) in [6.45, 7) is 1.55. The summed E-state index contributed by atoms with van der Waals surface area (Å²) < 4.78 is 75.4. The van der Waals surface area contributed by atoms with Gasteiger partial charge in [0.05, 0.1) is 74.1 Å². The number of nitro benzene ring substituents is 2. The topological polar surface area (TPSA) is 307 Å². The normalized spacial score (nSPS) is 20.7. The quantitative estimate of drug-likeness (QED) is 0.0601. The molecule has 0 saturated carbocycles. The monoisotopic (exact) mass is 952 g/mol. The molecule has 2 bridgehead atoms. The maximum Gasteiger partial charge on any atom is 0.270 e. The zero-order valence-electron chi connectivity index (χ0n) is 36.0. The van der Waals surface area contributed by atoms with Gasteiger partial charge in [0.1, 0.15) is 32.7 Å². The molecule has 6 rings (SSSR count). The molecule has 0 unspecified atom stereocenters. The van der Waals surface area contributed by atoms with Gasteiger partial charge in [-0.3, -0.25) is 20.2 Å². The molecule has 4 aromatic carbocycles. The third-order valence-electron chi connectivity index (χ3n) is 11.3.